The summed E-state index contributed by atoms with van der Waals surface area (Å²) in [5.41, 5.74) is 0.902. The minimum Gasteiger partial charge on any atom is -0.494 e. The van der Waals surface area contributed by atoms with Gasteiger partial charge in [-0.1, -0.05) is 6.07 Å². The van der Waals surface area contributed by atoms with Crippen LogP contribution >= 0.6 is 0 Å². The summed E-state index contributed by atoms with van der Waals surface area (Å²) < 4.78 is 18.3. The summed E-state index contributed by atoms with van der Waals surface area (Å²) in [5, 5.41) is 0. The van der Waals surface area contributed by atoms with Crippen LogP contribution in [0.25, 0.3) is 0 Å². The first-order chi connectivity index (χ1) is 8.52. The highest BCUT2D eigenvalue weighted by atomic mass is 19.1. The fourth-order valence-corrected chi connectivity index (χ4v) is 1.80. The molecule has 0 saturated carbocycles. The van der Waals surface area contributed by atoms with E-state index in [0.29, 0.717) is 13.0 Å². The van der Waals surface area contributed by atoms with Crippen molar-refractivity contribution in [1.29, 1.82) is 0 Å². The van der Waals surface area contributed by atoms with E-state index in [1.807, 2.05) is 13.1 Å². The SMILES string of the molecule is COc1ccc(CN(C)CCCC(C)=O)cc1F. The lowest BCUT2D eigenvalue weighted by Gasteiger charge is -2.16. The molecule has 0 atom stereocenters. The third kappa shape index (κ3) is 4.84. The number of Topliss-reactive ketones (excluding diaryl/α,β-unsaturated/α-hetero) is 1. The highest BCUT2D eigenvalue weighted by molar-refractivity contribution is 5.75. The van der Waals surface area contributed by atoms with Crippen molar-refractivity contribution in [3.63, 3.8) is 0 Å². The van der Waals surface area contributed by atoms with Crippen LogP contribution in [0.5, 0.6) is 5.75 Å². The first-order valence-corrected chi connectivity index (χ1v) is 6.03. The molecule has 0 N–H and O–H groups in total. The van der Waals surface area contributed by atoms with Crippen LogP contribution in [0.15, 0.2) is 18.2 Å². The molecule has 0 aliphatic carbocycles. The molecule has 1 rings (SSSR count). The zero-order chi connectivity index (χ0) is 13.5. The molecule has 0 bridgehead atoms. The predicted molar refractivity (Wildman–Crippen MR) is 69.2 cm³/mol. The summed E-state index contributed by atoms with van der Waals surface area (Å²) in [5.74, 6) is 0.129. The fraction of sp³-hybridized carbons (Fsp3) is 0.500. The lowest BCUT2D eigenvalue weighted by Crippen LogP contribution is -2.19. The van der Waals surface area contributed by atoms with Crippen LogP contribution in [0.2, 0.25) is 0 Å². The van der Waals surface area contributed by atoms with E-state index in [1.165, 1.54) is 13.2 Å². The molecule has 0 radical (unpaired) electrons. The van der Waals surface area contributed by atoms with Gasteiger partial charge in [0.1, 0.15) is 5.78 Å². The van der Waals surface area contributed by atoms with Gasteiger partial charge in [0.25, 0.3) is 0 Å². The minimum absolute atomic E-state index is 0.207. The van der Waals surface area contributed by atoms with Crippen LogP contribution in [0, 0.1) is 5.82 Å². The molecule has 100 valence electrons. The molecular formula is C14H20FNO2. The molecule has 0 fully saturated rings. The van der Waals surface area contributed by atoms with Gasteiger partial charge < -0.3 is 14.4 Å². The molecule has 0 amide bonds. The van der Waals surface area contributed by atoms with Gasteiger partial charge in [0.2, 0.25) is 0 Å². The number of benzene rings is 1. The van der Waals surface area contributed by atoms with Crippen molar-refractivity contribution in [2.75, 3.05) is 20.7 Å². The third-order valence-corrected chi connectivity index (χ3v) is 2.74. The van der Waals surface area contributed by atoms with E-state index in [9.17, 15) is 9.18 Å². The zero-order valence-corrected chi connectivity index (χ0v) is 11.2. The number of hydrogen-bond donors (Lipinski definition) is 0. The second-order valence-electron chi connectivity index (χ2n) is 4.51. The smallest absolute Gasteiger partial charge is 0.165 e. The lowest BCUT2D eigenvalue weighted by molar-refractivity contribution is -0.117. The number of halogens is 1. The van der Waals surface area contributed by atoms with E-state index >= 15 is 0 Å². The Kier molecular flexibility index (Phi) is 5.78. The van der Waals surface area contributed by atoms with Crippen LogP contribution in [-0.4, -0.2) is 31.4 Å². The summed E-state index contributed by atoms with van der Waals surface area (Å²) in [6.07, 6.45) is 1.44. The average Bonchev–Trinajstić information content (AvgIpc) is 2.28. The van der Waals surface area contributed by atoms with Gasteiger partial charge >= 0.3 is 0 Å². The predicted octanol–water partition coefficient (Wildman–Crippen LogP) is 2.64. The van der Waals surface area contributed by atoms with Gasteiger partial charge in [0.05, 0.1) is 7.11 Å². The molecular weight excluding hydrogens is 233 g/mol. The van der Waals surface area contributed by atoms with Gasteiger partial charge in [-0.2, -0.15) is 0 Å². The van der Waals surface area contributed by atoms with Gasteiger partial charge in [0.15, 0.2) is 11.6 Å². The minimum atomic E-state index is -0.341. The zero-order valence-electron chi connectivity index (χ0n) is 11.2. The maximum atomic E-state index is 13.5. The maximum absolute atomic E-state index is 13.5. The topological polar surface area (TPSA) is 29.5 Å². The normalized spacial score (nSPS) is 10.7. The molecule has 0 aliphatic heterocycles. The van der Waals surface area contributed by atoms with E-state index in [4.69, 9.17) is 4.74 Å². The number of ether oxygens (including phenoxy) is 1. The summed E-state index contributed by atoms with van der Waals surface area (Å²) in [6, 6.07) is 4.97. The van der Waals surface area contributed by atoms with Crippen molar-refractivity contribution in [2.45, 2.75) is 26.3 Å². The summed E-state index contributed by atoms with van der Waals surface area (Å²) in [6.45, 7) is 3.09. The maximum Gasteiger partial charge on any atom is 0.165 e. The van der Waals surface area contributed by atoms with Gasteiger partial charge in [-0.05, 0) is 44.6 Å². The van der Waals surface area contributed by atoms with Crippen LogP contribution < -0.4 is 4.74 Å². The second kappa shape index (κ2) is 7.11. The third-order valence-electron chi connectivity index (χ3n) is 2.74. The van der Waals surface area contributed by atoms with Crippen molar-refractivity contribution >= 4 is 5.78 Å². The van der Waals surface area contributed by atoms with E-state index in [0.717, 1.165) is 18.5 Å². The molecule has 0 aliphatic rings. The van der Waals surface area contributed by atoms with Crippen LogP contribution in [0.3, 0.4) is 0 Å². The molecule has 0 spiro atoms. The second-order valence-corrected chi connectivity index (χ2v) is 4.51. The molecule has 0 unspecified atom stereocenters. The van der Waals surface area contributed by atoms with Gasteiger partial charge in [-0.25, -0.2) is 4.39 Å². The Labute approximate surface area is 108 Å². The number of carbonyl (C=O) groups excluding carboxylic acids is 1. The van der Waals surface area contributed by atoms with Gasteiger partial charge in [0, 0.05) is 13.0 Å². The largest absolute Gasteiger partial charge is 0.494 e. The van der Waals surface area contributed by atoms with Crippen molar-refractivity contribution in [3.05, 3.63) is 29.6 Å². The number of methoxy groups -OCH3 is 1. The first kappa shape index (κ1) is 14.6. The van der Waals surface area contributed by atoms with E-state index in [1.54, 1.807) is 13.0 Å². The van der Waals surface area contributed by atoms with Crippen molar-refractivity contribution in [1.82, 2.24) is 4.90 Å². The Bertz CT molecular complexity index is 407. The Balaban J connectivity index is 2.46. The molecule has 0 saturated heterocycles. The van der Waals surface area contributed by atoms with Crippen LogP contribution in [0.1, 0.15) is 25.3 Å². The quantitative estimate of drug-likeness (QED) is 0.748. The molecule has 18 heavy (non-hydrogen) atoms. The standard InChI is InChI=1S/C14H20FNO2/c1-11(17)5-4-8-16(2)10-12-6-7-14(18-3)13(15)9-12/h6-7,9H,4-5,8,10H2,1-3H3. The number of hydrogen-bond acceptors (Lipinski definition) is 3. The first-order valence-electron chi connectivity index (χ1n) is 6.03. The molecule has 4 heteroatoms. The summed E-state index contributed by atoms with van der Waals surface area (Å²) in [4.78, 5) is 12.9. The highest BCUT2D eigenvalue weighted by Crippen LogP contribution is 2.18. The molecule has 0 heterocycles. The van der Waals surface area contributed by atoms with Crippen molar-refractivity contribution < 1.29 is 13.9 Å². The van der Waals surface area contributed by atoms with Crippen LogP contribution in [-0.2, 0) is 11.3 Å². The fourth-order valence-electron chi connectivity index (χ4n) is 1.80. The molecule has 0 aromatic heterocycles. The summed E-state index contributed by atoms with van der Waals surface area (Å²) >= 11 is 0. The Hall–Kier alpha value is -1.42. The number of carbonyl (C=O) groups is 1. The van der Waals surface area contributed by atoms with Gasteiger partial charge in [-0.15, -0.1) is 0 Å². The van der Waals surface area contributed by atoms with E-state index < -0.39 is 0 Å². The summed E-state index contributed by atoms with van der Waals surface area (Å²) in [7, 11) is 3.41. The molecule has 1 aromatic rings. The number of ketones is 1. The Morgan fingerprint density at radius 3 is 2.72 bits per heavy atom. The Morgan fingerprint density at radius 1 is 1.44 bits per heavy atom. The van der Waals surface area contributed by atoms with Gasteiger partial charge in [-0.3, -0.25) is 0 Å². The monoisotopic (exact) mass is 253 g/mol. The molecule has 1 aromatic carbocycles. The Morgan fingerprint density at radius 2 is 2.17 bits per heavy atom. The van der Waals surface area contributed by atoms with E-state index in [2.05, 4.69) is 4.90 Å². The van der Waals surface area contributed by atoms with Crippen molar-refractivity contribution in [2.24, 2.45) is 0 Å². The van der Waals surface area contributed by atoms with E-state index in [-0.39, 0.29) is 17.3 Å². The van der Waals surface area contributed by atoms with Crippen LogP contribution in [0.4, 0.5) is 4.39 Å². The molecule has 3 nitrogen and oxygen atoms in total. The average molecular weight is 253 g/mol. The number of rotatable bonds is 7. The number of nitrogens with zero attached hydrogens (tertiary/aromatic N) is 1. The highest BCUT2D eigenvalue weighted by Gasteiger charge is 2.06. The lowest BCUT2D eigenvalue weighted by atomic mass is 10.2. The van der Waals surface area contributed by atoms with Crippen molar-refractivity contribution in [3.8, 4) is 5.75 Å².